The number of likely N-dealkylation sites (tertiary alicyclic amines) is 1. The van der Waals surface area contributed by atoms with Crippen LogP contribution in [0.3, 0.4) is 0 Å². The lowest BCUT2D eigenvalue weighted by atomic mass is 10.0. The summed E-state index contributed by atoms with van der Waals surface area (Å²) in [5.41, 5.74) is 2.77. The predicted molar refractivity (Wildman–Crippen MR) is 91.9 cm³/mol. The summed E-state index contributed by atoms with van der Waals surface area (Å²) in [6.45, 7) is 3.67. The number of aryl methyl sites for hydroxylation is 1. The van der Waals surface area contributed by atoms with Crippen molar-refractivity contribution in [2.24, 2.45) is 0 Å². The first kappa shape index (κ1) is 16.3. The molecule has 0 radical (unpaired) electrons. The molecular weight excluding hydrogens is 330 g/mol. The summed E-state index contributed by atoms with van der Waals surface area (Å²) in [5, 5.41) is 10.3. The number of nitrogens with zero attached hydrogens (tertiary/aromatic N) is 3. The molecule has 1 saturated heterocycles. The Bertz CT molecular complexity index is 687. The summed E-state index contributed by atoms with van der Waals surface area (Å²) < 4.78 is 6.01. The summed E-state index contributed by atoms with van der Waals surface area (Å²) >= 11 is 7.45. The lowest BCUT2D eigenvalue weighted by molar-refractivity contribution is 0.0885. The molecule has 1 aromatic carbocycles. The molecule has 2 aromatic rings. The summed E-state index contributed by atoms with van der Waals surface area (Å²) in [6, 6.07) is 9.70. The van der Waals surface area contributed by atoms with Gasteiger partial charge in [-0.1, -0.05) is 11.6 Å². The van der Waals surface area contributed by atoms with Crippen LogP contribution < -0.4 is 4.74 Å². The van der Waals surface area contributed by atoms with Crippen molar-refractivity contribution in [3.05, 3.63) is 45.4 Å². The third kappa shape index (κ3) is 3.84. The third-order valence-electron chi connectivity index (χ3n) is 4.11. The largest absolute Gasteiger partial charge is 0.490 e. The van der Waals surface area contributed by atoms with Crippen LogP contribution in [0.25, 0.3) is 0 Å². The van der Waals surface area contributed by atoms with E-state index >= 15 is 0 Å². The van der Waals surface area contributed by atoms with Crippen molar-refractivity contribution >= 4 is 22.9 Å². The molecule has 0 spiro atoms. The molecule has 1 aliphatic heterocycles. The van der Waals surface area contributed by atoms with Crippen molar-refractivity contribution in [2.45, 2.75) is 31.9 Å². The molecule has 3 rings (SSSR count). The van der Waals surface area contributed by atoms with Crippen LogP contribution in [0.4, 0.5) is 0 Å². The lowest BCUT2D eigenvalue weighted by Gasteiger charge is -2.34. The number of aromatic nitrogens is 1. The molecule has 0 amide bonds. The SMILES string of the molecule is Cc1ncsc1C(C#N)N1CCC(Oc2ccc(Cl)cc2)CC1. The van der Waals surface area contributed by atoms with Gasteiger partial charge in [0.15, 0.2) is 0 Å². The Morgan fingerprint density at radius 3 is 2.61 bits per heavy atom. The van der Waals surface area contributed by atoms with Crippen LogP contribution in [0.2, 0.25) is 5.02 Å². The number of thiazole rings is 1. The summed E-state index contributed by atoms with van der Waals surface area (Å²) in [4.78, 5) is 7.55. The van der Waals surface area contributed by atoms with Gasteiger partial charge in [-0.2, -0.15) is 5.26 Å². The minimum atomic E-state index is -0.195. The van der Waals surface area contributed by atoms with Crippen molar-refractivity contribution in [3.63, 3.8) is 0 Å². The number of nitriles is 1. The molecule has 1 atom stereocenters. The zero-order valence-corrected chi connectivity index (χ0v) is 14.5. The fourth-order valence-corrected chi connectivity index (χ4v) is 3.84. The van der Waals surface area contributed by atoms with E-state index in [0.717, 1.165) is 42.3 Å². The van der Waals surface area contributed by atoms with Gasteiger partial charge in [-0.05, 0) is 44.0 Å². The topological polar surface area (TPSA) is 49.2 Å². The van der Waals surface area contributed by atoms with E-state index in [1.54, 1.807) is 11.3 Å². The molecule has 6 heteroatoms. The maximum Gasteiger partial charge on any atom is 0.134 e. The standard InChI is InChI=1S/C17H18ClN3OS/c1-12-17(23-11-20-12)16(10-19)21-8-6-15(7-9-21)22-14-4-2-13(18)3-5-14/h2-5,11,15-16H,6-9H2,1H3. The predicted octanol–water partition coefficient (Wildman–Crippen LogP) is 4.21. The first-order valence-electron chi connectivity index (χ1n) is 7.63. The smallest absolute Gasteiger partial charge is 0.134 e. The zero-order chi connectivity index (χ0) is 16.2. The fraction of sp³-hybridized carbons (Fsp3) is 0.412. The van der Waals surface area contributed by atoms with Crippen LogP contribution in [-0.2, 0) is 0 Å². The number of piperidine rings is 1. The third-order valence-corrected chi connectivity index (χ3v) is 5.35. The normalized spacial score (nSPS) is 17.6. The van der Waals surface area contributed by atoms with E-state index in [1.807, 2.05) is 36.7 Å². The van der Waals surface area contributed by atoms with Crippen LogP contribution in [-0.4, -0.2) is 29.1 Å². The molecule has 1 unspecified atom stereocenters. The van der Waals surface area contributed by atoms with Gasteiger partial charge in [0.2, 0.25) is 0 Å². The molecule has 0 aliphatic carbocycles. The highest BCUT2D eigenvalue weighted by atomic mass is 35.5. The first-order valence-corrected chi connectivity index (χ1v) is 8.89. The van der Waals surface area contributed by atoms with Gasteiger partial charge in [0, 0.05) is 18.1 Å². The maximum atomic E-state index is 9.55. The number of rotatable bonds is 4. The second kappa shape index (κ2) is 7.31. The van der Waals surface area contributed by atoms with Crippen LogP contribution >= 0.6 is 22.9 Å². The Morgan fingerprint density at radius 1 is 1.35 bits per heavy atom. The Hall–Kier alpha value is -1.61. The summed E-state index contributed by atoms with van der Waals surface area (Å²) in [5.74, 6) is 0.850. The number of benzene rings is 1. The van der Waals surface area contributed by atoms with E-state index in [1.165, 1.54) is 0 Å². The molecule has 4 nitrogen and oxygen atoms in total. The molecule has 0 saturated carbocycles. The minimum Gasteiger partial charge on any atom is -0.490 e. The second-order valence-corrected chi connectivity index (χ2v) is 6.96. The molecule has 23 heavy (non-hydrogen) atoms. The van der Waals surface area contributed by atoms with Crippen LogP contribution in [0.1, 0.15) is 29.5 Å². The molecule has 1 aliphatic rings. The highest BCUT2D eigenvalue weighted by Crippen LogP contribution is 2.30. The average molecular weight is 348 g/mol. The van der Waals surface area contributed by atoms with E-state index in [-0.39, 0.29) is 12.1 Å². The quantitative estimate of drug-likeness (QED) is 0.831. The Labute approximate surface area is 145 Å². The molecule has 0 N–H and O–H groups in total. The molecule has 0 bridgehead atoms. The minimum absolute atomic E-state index is 0.189. The van der Waals surface area contributed by atoms with Crippen LogP contribution in [0.15, 0.2) is 29.8 Å². The number of hydrogen-bond donors (Lipinski definition) is 0. The van der Waals surface area contributed by atoms with E-state index in [2.05, 4.69) is 16.0 Å². The monoisotopic (exact) mass is 347 g/mol. The van der Waals surface area contributed by atoms with Crippen LogP contribution in [0.5, 0.6) is 5.75 Å². The van der Waals surface area contributed by atoms with Gasteiger partial charge in [-0.15, -0.1) is 11.3 Å². The van der Waals surface area contributed by atoms with E-state index in [4.69, 9.17) is 16.3 Å². The zero-order valence-electron chi connectivity index (χ0n) is 12.9. The average Bonchev–Trinajstić information content (AvgIpc) is 2.98. The van der Waals surface area contributed by atoms with Crippen LogP contribution in [0, 0.1) is 18.3 Å². The molecule has 2 heterocycles. The maximum absolute atomic E-state index is 9.55. The highest BCUT2D eigenvalue weighted by molar-refractivity contribution is 7.09. The fourth-order valence-electron chi connectivity index (χ4n) is 2.84. The van der Waals surface area contributed by atoms with Crippen molar-refractivity contribution in [2.75, 3.05) is 13.1 Å². The van der Waals surface area contributed by atoms with Gasteiger partial charge >= 0.3 is 0 Å². The van der Waals surface area contributed by atoms with Gasteiger partial charge in [0.1, 0.15) is 17.9 Å². The van der Waals surface area contributed by atoms with Gasteiger partial charge in [-0.3, -0.25) is 4.90 Å². The van der Waals surface area contributed by atoms with Gasteiger partial charge in [0.05, 0.1) is 22.2 Å². The Balaban J connectivity index is 1.58. The van der Waals surface area contributed by atoms with Gasteiger partial charge in [0.25, 0.3) is 0 Å². The molecular formula is C17H18ClN3OS. The van der Waals surface area contributed by atoms with E-state index in [0.29, 0.717) is 5.02 Å². The molecule has 1 aromatic heterocycles. The van der Waals surface area contributed by atoms with Crippen molar-refractivity contribution in [1.82, 2.24) is 9.88 Å². The van der Waals surface area contributed by atoms with Gasteiger partial charge < -0.3 is 4.74 Å². The first-order chi connectivity index (χ1) is 11.2. The Kier molecular flexibility index (Phi) is 5.16. The van der Waals surface area contributed by atoms with E-state index in [9.17, 15) is 5.26 Å². The Morgan fingerprint density at radius 2 is 2.04 bits per heavy atom. The van der Waals surface area contributed by atoms with Crippen molar-refractivity contribution in [1.29, 1.82) is 5.26 Å². The molecule has 120 valence electrons. The van der Waals surface area contributed by atoms with Crippen molar-refractivity contribution < 1.29 is 4.74 Å². The van der Waals surface area contributed by atoms with E-state index < -0.39 is 0 Å². The summed E-state index contributed by atoms with van der Waals surface area (Å²) in [7, 11) is 0. The summed E-state index contributed by atoms with van der Waals surface area (Å²) in [6.07, 6.45) is 2.02. The molecule has 1 fully saturated rings. The lowest BCUT2D eigenvalue weighted by Crippen LogP contribution is -2.40. The number of ether oxygens (including phenoxy) is 1. The van der Waals surface area contributed by atoms with Crippen molar-refractivity contribution in [3.8, 4) is 11.8 Å². The van der Waals surface area contributed by atoms with Gasteiger partial charge in [-0.25, -0.2) is 4.98 Å². The number of hydrogen-bond acceptors (Lipinski definition) is 5. The number of halogens is 1. The second-order valence-electron chi connectivity index (χ2n) is 5.64. The highest BCUT2D eigenvalue weighted by Gasteiger charge is 2.28.